The Hall–Kier alpha value is -3.83. The number of amides is 2. The van der Waals surface area contributed by atoms with Crippen LogP contribution >= 0.6 is 27.7 Å². The summed E-state index contributed by atoms with van der Waals surface area (Å²) in [6.07, 6.45) is 1.61. The van der Waals surface area contributed by atoms with Gasteiger partial charge in [0.25, 0.3) is 16.8 Å². The predicted octanol–water partition coefficient (Wildman–Crippen LogP) is 6.37. The zero-order valence-corrected chi connectivity index (χ0v) is 22.9. The first-order chi connectivity index (χ1) is 18.2. The monoisotopic (exact) mass is 598 g/mol. The summed E-state index contributed by atoms with van der Waals surface area (Å²) in [5, 5.41) is 10.7. The fourth-order valence-corrected chi connectivity index (χ4v) is 5.05. The van der Waals surface area contributed by atoms with Crippen molar-refractivity contribution in [2.75, 3.05) is 20.3 Å². The SMILES string of the molecule is COc1cc(/C=C2\SC(=O)N(CCOc3ccc(C)cc3)C2=O)cc(Br)c1OCc1cccc([N+](=O)[O-])c1. The zero-order chi connectivity index (χ0) is 27.2. The Morgan fingerprint density at radius 1 is 1.08 bits per heavy atom. The average molecular weight is 599 g/mol. The molecule has 1 aliphatic rings. The molecule has 0 aliphatic carbocycles. The first-order valence-corrected chi connectivity index (χ1v) is 13.0. The number of rotatable bonds is 10. The van der Waals surface area contributed by atoms with Crippen LogP contribution in [-0.2, 0) is 11.4 Å². The van der Waals surface area contributed by atoms with E-state index >= 15 is 0 Å². The number of nitrogens with zero attached hydrogens (tertiary/aromatic N) is 2. The first kappa shape index (κ1) is 27.2. The van der Waals surface area contributed by atoms with E-state index in [1.165, 1.54) is 19.2 Å². The van der Waals surface area contributed by atoms with Gasteiger partial charge in [-0.25, -0.2) is 0 Å². The predicted molar refractivity (Wildman–Crippen MR) is 147 cm³/mol. The standard InChI is InChI=1S/C27H23BrN2O7S/c1-17-6-8-21(9-7-17)36-11-10-29-26(31)24(38-27(29)32)15-19-13-22(28)25(23(14-19)35-2)37-16-18-4-3-5-20(12-18)30(33)34/h3-9,12-15H,10-11,16H2,1-2H3/b24-15-. The number of carbonyl (C=O) groups is 2. The molecule has 1 aliphatic heterocycles. The molecule has 0 atom stereocenters. The van der Waals surface area contributed by atoms with Crippen LogP contribution in [0.4, 0.5) is 10.5 Å². The molecule has 4 rings (SSSR count). The van der Waals surface area contributed by atoms with Gasteiger partial charge in [0, 0.05) is 12.1 Å². The second-order valence-electron chi connectivity index (χ2n) is 8.24. The van der Waals surface area contributed by atoms with Crippen molar-refractivity contribution in [1.82, 2.24) is 4.90 Å². The Labute approximate surface area is 231 Å². The van der Waals surface area contributed by atoms with Gasteiger partial charge < -0.3 is 14.2 Å². The third-order valence-corrected chi connectivity index (χ3v) is 7.03. The fourth-order valence-electron chi connectivity index (χ4n) is 3.61. The van der Waals surface area contributed by atoms with E-state index in [-0.39, 0.29) is 35.6 Å². The van der Waals surface area contributed by atoms with Gasteiger partial charge in [-0.1, -0.05) is 29.8 Å². The topological polar surface area (TPSA) is 108 Å². The van der Waals surface area contributed by atoms with Crippen LogP contribution in [0.15, 0.2) is 70.0 Å². The van der Waals surface area contributed by atoms with Crippen LogP contribution < -0.4 is 14.2 Å². The van der Waals surface area contributed by atoms with Crippen molar-refractivity contribution in [2.24, 2.45) is 0 Å². The number of non-ortho nitro benzene ring substituents is 1. The van der Waals surface area contributed by atoms with E-state index < -0.39 is 10.8 Å². The number of ether oxygens (including phenoxy) is 3. The minimum absolute atomic E-state index is 0.0249. The van der Waals surface area contributed by atoms with Gasteiger partial charge in [0.2, 0.25) is 0 Å². The minimum atomic E-state index is -0.465. The largest absolute Gasteiger partial charge is 0.493 e. The summed E-state index contributed by atoms with van der Waals surface area (Å²) in [6.45, 7) is 2.38. The van der Waals surface area contributed by atoms with Gasteiger partial charge in [-0.05, 0) is 76.1 Å². The van der Waals surface area contributed by atoms with E-state index in [0.29, 0.717) is 32.8 Å². The van der Waals surface area contributed by atoms with E-state index in [0.717, 1.165) is 22.2 Å². The van der Waals surface area contributed by atoms with Crippen molar-refractivity contribution in [2.45, 2.75) is 13.5 Å². The van der Waals surface area contributed by atoms with Gasteiger partial charge in [-0.15, -0.1) is 0 Å². The van der Waals surface area contributed by atoms with E-state index in [1.807, 2.05) is 31.2 Å². The molecular formula is C27H23BrN2O7S. The molecule has 0 bridgehead atoms. The molecule has 196 valence electrons. The van der Waals surface area contributed by atoms with E-state index in [9.17, 15) is 19.7 Å². The first-order valence-electron chi connectivity index (χ1n) is 11.4. The van der Waals surface area contributed by atoms with Crippen LogP contribution in [0.2, 0.25) is 0 Å². The van der Waals surface area contributed by atoms with Crippen molar-refractivity contribution in [1.29, 1.82) is 0 Å². The highest BCUT2D eigenvalue weighted by Crippen LogP contribution is 2.39. The molecular weight excluding hydrogens is 576 g/mol. The fraction of sp³-hybridized carbons (Fsp3) is 0.185. The Balaban J connectivity index is 1.44. The number of hydrogen-bond acceptors (Lipinski definition) is 8. The molecule has 1 fully saturated rings. The van der Waals surface area contributed by atoms with Crippen molar-refractivity contribution in [3.63, 3.8) is 0 Å². The summed E-state index contributed by atoms with van der Waals surface area (Å²) in [6, 6.07) is 17.1. The molecule has 0 spiro atoms. The second kappa shape index (κ2) is 12.1. The molecule has 3 aromatic rings. The highest BCUT2D eigenvalue weighted by Gasteiger charge is 2.35. The number of methoxy groups -OCH3 is 1. The molecule has 0 radical (unpaired) electrons. The van der Waals surface area contributed by atoms with Crippen LogP contribution in [-0.4, -0.2) is 41.2 Å². The number of aryl methyl sites for hydroxylation is 1. The summed E-state index contributed by atoms with van der Waals surface area (Å²) in [4.78, 5) is 37.4. The van der Waals surface area contributed by atoms with Crippen molar-refractivity contribution in [3.05, 3.63) is 96.8 Å². The van der Waals surface area contributed by atoms with Gasteiger partial charge >= 0.3 is 0 Å². The summed E-state index contributed by atoms with van der Waals surface area (Å²) in [5.74, 6) is 1.07. The molecule has 1 heterocycles. The highest BCUT2D eigenvalue weighted by atomic mass is 79.9. The average Bonchev–Trinajstić information content (AvgIpc) is 3.16. The molecule has 0 saturated carbocycles. The lowest BCUT2D eigenvalue weighted by Crippen LogP contribution is -2.32. The Bertz CT molecular complexity index is 1410. The molecule has 3 aromatic carbocycles. The number of thioether (sulfide) groups is 1. The zero-order valence-electron chi connectivity index (χ0n) is 20.5. The maximum atomic E-state index is 12.9. The van der Waals surface area contributed by atoms with Crippen molar-refractivity contribution >= 4 is 50.6 Å². The Kier molecular flexibility index (Phi) is 8.70. The van der Waals surface area contributed by atoms with Gasteiger partial charge in [0.05, 0.1) is 28.0 Å². The third-order valence-electron chi connectivity index (χ3n) is 5.53. The maximum Gasteiger partial charge on any atom is 0.293 e. The normalized spacial score (nSPS) is 14.2. The Morgan fingerprint density at radius 2 is 1.84 bits per heavy atom. The molecule has 0 aromatic heterocycles. The lowest BCUT2D eigenvalue weighted by atomic mass is 10.1. The molecule has 11 heteroatoms. The lowest BCUT2D eigenvalue weighted by Gasteiger charge is -2.14. The molecule has 0 N–H and O–H groups in total. The maximum absolute atomic E-state index is 12.9. The third kappa shape index (κ3) is 6.53. The number of halogens is 1. The van der Waals surface area contributed by atoms with Gasteiger partial charge in [-0.2, -0.15) is 0 Å². The van der Waals surface area contributed by atoms with Gasteiger partial charge in [0.15, 0.2) is 11.5 Å². The second-order valence-corrected chi connectivity index (χ2v) is 10.1. The number of nitro groups is 1. The number of imide groups is 1. The van der Waals surface area contributed by atoms with Crippen LogP contribution in [0, 0.1) is 17.0 Å². The summed E-state index contributed by atoms with van der Waals surface area (Å²) in [5.41, 5.74) is 2.33. The van der Waals surface area contributed by atoms with Crippen LogP contribution in [0.1, 0.15) is 16.7 Å². The van der Waals surface area contributed by atoms with Gasteiger partial charge in [0.1, 0.15) is 19.0 Å². The van der Waals surface area contributed by atoms with E-state index in [2.05, 4.69) is 15.9 Å². The van der Waals surface area contributed by atoms with Crippen molar-refractivity contribution < 1.29 is 28.7 Å². The highest BCUT2D eigenvalue weighted by molar-refractivity contribution is 9.10. The lowest BCUT2D eigenvalue weighted by molar-refractivity contribution is -0.384. The summed E-state index contributed by atoms with van der Waals surface area (Å²) < 4.78 is 17.6. The molecule has 2 amide bonds. The van der Waals surface area contributed by atoms with Gasteiger partial charge in [-0.3, -0.25) is 24.6 Å². The molecule has 1 saturated heterocycles. The molecule has 0 unspecified atom stereocenters. The number of hydrogen-bond donors (Lipinski definition) is 0. The Morgan fingerprint density at radius 3 is 2.55 bits per heavy atom. The number of carbonyl (C=O) groups excluding carboxylic acids is 2. The minimum Gasteiger partial charge on any atom is -0.493 e. The van der Waals surface area contributed by atoms with Crippen molar-refractivity contribution in [3.8, 4) is 17.2 Å². The molecule has 38 heavy (non-hydrogen) atoms. The van der Waals surface area contributed by atoms with Crippen LogP contribution in [0.3, 0.4) is 0 Å². The quantitative estimate of drug-likeness (QED) is 0.150. The number of nitro benzene ring substituents is 1. The molecule has 9 nitrogen and oxygen atoms in total. The smallest absolute Gasteiger partial charge is 0.293 e. The van der Waals surface area contributed by atoms with Crippen LogP contribution in [0.5, 0.6) is 17.2 Å². The summed E-state index contributed by atoms with van der Waals surface area (Å²) >= 11 is 4.33. The number of benzene rings is 3. The van der Waals surface area contributed by atoms with E-state index in [4.69, 9.17) is 14.2 Å². The summed E-state index contributed by atoms with van der Waals surface area (Å²) in [7, 11) is 1.48. The van der Waals surface area contributed by atoms with E-state index in [1.54, 1.807) is 30.3 Å². The van der Waals surface area contributed by atoms with Crippen LogP contribution in [0.25, 0.3) is 6.08 Å².